The number of nitrogens with zero attached hydrogens (tertiary/aromatic N) is 4. The van der Waals surface area contributed by atoms with Crippen molar-refractivity contribution in [2.75, 3.05) is 0 Å². The molecule has 0 amide bonds. The quantitative estimate of drug-likeness (QED) is 0.206. The molecule has 0 bridgehead atoms. The first-order valence-electron chi connectivity index (χ1n) is 13.4. The average molecular weight is 553 g/mol. The van der Waals surface area contributed by atoms with Crippen molar-refractivity contribution in [3.05, 3.63) is 95.0 Å². The van der Waals surface area contributed by atoms with Crippen LogP contribution >= 0.6 is 0 Å². The summed E-state index contributed by atoms with van der Waals surface area (Å²) in [5.74, 6) is 1.05. The third-order valence-corrected chi connectivity index (χ3v) is 7.08. The third kappa shape index (κ3) is 7.18. The summed E-state index contributed by atoms with van der Waals surface area (Å²) >= 11 is 0. The van der Waals surface area contributed by atoms with E-state index in [0.717, 1.165) is 63.6 Å². The minimum absolute atomic E-state index is 0.228. The van der Waals surface area contributed by atoms with Crippen LogP contribution in [0.15, 0.2) is 65.4 Å². The number of hydrogen-bond acceptors (Lipinski definition) is 6. The molecule has 0 radical (unpaired) electrons. The molecular formula is C30H31F3N4O3. The minimum Gasteiger partial charge on any atom is -0.487 e. The summed E-state index contributed by atoms with van der Waals surface area (Å²) in [5.41, 5.74) is 1.63. The van der Waals surface area contributed by atoms with E-state index in [9.17, 15) is 18.3 Å². The van der Waals surface area contributed by atoms with Crippen LogP contribution in [0.25, 0.3) is 12.2 Å². The van der Waals surface area contributed by atoms with E-state index in [2.05, 4.69) is 15.3 Å². The van der Waals surface area contributed by atoms with Crippen molar-refractivity contribution in [1.29, 1.82) is 0 Å². The van der Waals surface area contributed by atoms with Gasteiger partial charge in [-0.1, -0.05) is 42.3 Å². The molecule has 1 aliphatic rings. The molecule has 4 aromatic rings. The van der Waals surface area contributed by atoms with Crippen molar-refractivity contribution in [3.8, 4) is 5.75 Å². The van der Waals surface area contributed by atoms with Gasteiger partial charge in [0.25, 0.3) is 0 Å². The number of oxazole rings is 1. The van der Waals surface area contributed by atoms with Crippen LogP contribution in [-0.4, -0.2) is 25.1 Å². The van der Waals surface area contributed by atoms with E-state index in [-0.39, 0.29) is 6.61 Å². The number of aryl methyl sites for hydroxylation is 2. The lowest BCUT2D eigenvalue weighted by Gasteiger charge is -2.17. The second-order valence-corrected chi connectivity index (χ2v) is 10.1. The topological polar surface area (TPSA) is 86.2 Å². The van der Waals surface area contributed by atoms with Crippen LogP contribution in [0.5, 0.6) is 5.75 Å². The van der Waals surface area contributed by atoms with E-state index in [0.29, 0.717) is 28.6 Å². The second kappa shape index (κ2) is 12.1. The highest BCUT2D eigenvalue weighted by atomic mass is 19.4. The molecule has 7 nitrogen and oxygen atoms in total. The summed E-state index contributed by atoms with van der Waals surface area (Å²) in [5, 5.41) is 19.0. The van der Waals surface area contributed by atoms with Crippen LogP contribution in [0.2, 0.25) is 0 Å². The van der Waals surface area contributed by atoms with E-state index in [1.807, 2.05) is 35.1 Å². The molecule has 5 rings (SSSR count). The third-order valence-electron chi connectivity index (χ3n) is 7.08. The predicted octanol–water partition coefficient (Wildman–Crippen LogP) is 6.82. The molecule has 0 unspecified atom stereocenters. The van der Waals surface area contributed by atoms with Crippen molar-refractivity contribution in [2.45, 2.75) is 69.9 Å². The molecule has 1 fully saturated rings. The van der Waals surface area contributed by atoms with Gasteiger partial charge in [-0.25, -0.2) is 4.98 Å². The molecule has 2 aromatic carbocycles. The smallest absolute Gasteiger partial charge is 0.416 e. The Bertz CT molecular complexity index is 1400. The van der Waals surface area contributed by atoms with Crippen LogP contribution in [-0.2, 0) is 31.3 Å². The number of hydrogen-bond donors (Lipinski definition) is 1. The van der Waals surface area contributed by atoms with Crippen molar-refractivity contribution in [2.24, 2.45) is 0 Å². The van der Waals surface area contributed by atoms with Crippen molar-refractivity contribution in [1.82, 2.24) is 20.0 Å². The van der Waals surface area contributed by atoms with E-state index >= 15 is 0 Å². The van der Waals surface area contributed by atoms with Crippen LogP contribution < -0.4 is 4.74 Å². The molecule has 0 atom stereocenters. The van der Waals surface area contributed by atoms with E-state index in [4.69, 9.17) is 9.15 Å². The van der Waals surface area contributed by atoms with E-state index in [1.54, 1.807) is 12.2 Å². The highest BCUT2D eigenvalue weighted by Crippen LogP contribution is 2.37. The number of halogens is 3. The van der Waals surface area contributed by atoms with Gasteiger partial charge in [0.05, 0.1) is 11.8 Å². The number of alkyl halides is 3. The number of aromatic nitrogens is 4. The molecule has 0 spiro atoms. The lowest BCUT2D eigenvalue weighted by molar-refractivity contribution is -0.137. The molecule has 1 N–H and O–H groups in total. The standard InChI is InChI=1S/C30H31F3N4O3/c31-30(32,33)24-11-6-23(7-12-24)10-15-28-34-25(21-40-28)20-39-26-13-8-22(9-14-26)5-1-4-18-37-19-27(35-36-37)29(38)16-2-3-17-29/h6-15,19,21,38H,1-5,16-18,20H2/b15-10+. The highest BCUT2D eigenvalue weighted by Gasteiger charge is 2.35. The van der Waals surface area contributed by atoms with Gasteiger partial charge in [-0.15, -0.1) is 5.10 Å². The van der Waals surface area contributed by atoms with Gasteiger partial charge in [-0.05, 0) is 73.6 Å². The molecule has 210 valence electrons. The second-order valence-electron chi connectivity index (χ2n) is 10.1. The van der Waals surface area contributed by atoms with Crippen molar-refractivity contribution in [3.63, 3.8) is 0 Å². The molecule has 1 saturated carbocycles. The fourth-order valence-corrected chi connectivity index (χ4v) is 4.77. The van der Waals surface area contributed by atoms with Gasteiger partial charge < -0.3 is 14.3 Å². The first kappa shape index (κ1) is 27.6. The zero-order valence-corrected chi connectivity index (χ0v) is 22.0. The SMILES string of the molecule is OC1(c2cn(CCCCc3ccc(OCc4coc(/C=C/c5ccc(C(F)(F)F)cc5)n4)cc3)nn2)CCCC1. The lowest BCUT2D eigenvalue weighted by Crippen LogP contribution is -2.21. The van der Waals surface area contributed by atoms with Gasteiger partial charge in [-0.3, -0.25) is 4.68 Å². The Balaban J connectivity index is 1.03. The molecule has 1 aliphatic carbocycles. The van der Waals surface area contributed by atoms with Gasteiger partial charge in [0.15, 0.2) is 0 Å². The lowest BCUT2D eigenvalue weighted by atomic mass is 9.99. The van der Waals surface area contributed by atoms with Crippen LogP contribution in [0.4, 0.5) is 13.2 Å². The fraction of sp³-hybridized carbons (Fsp3) is 0.367. The van der Waals surface area contributed by atoms with Gasteiger partial charge in [0.1, 0.15) is 35.6 Å². The molecule has 10 heteroatoms. The van der Waals surface area contributed by atoms with E-state index < -0.39 is 17.3 Å². The van der Waals surface area contributed by atoms with Crippen LogP contribution in [0.1, 0.15) is 72.5 Å². The Kier molecular flexibility index (Phi) is 8.35. The first-order valence-corrected chi connectivity index (χ1v) is 13.4. The Labute approximate surface area is 230 Å². The largest absolute Gasteiger partial charge is 0.487 e. The van der Waals surface area contributed by atoms with Crippen LogP contribution in [0, 0.1) is 0 Å². The maximum Gasteiger partial charge on any atom is 0.416 e. The molecule has 0 aliphatic heterocycles. The zero-order valence-electron chi connectivity index (χ0n) is 22.0. The maximum absolute atomic E-state index is 12.7. The molecule has 40 heavy (non-hydrogen) atoms. The van der Waals surface area contributed by atoms with Crippen LogP contribution in [0.3, 0.4) is 0 Å². The van der Waals surface area contributed by atoms with Gasteiger partial charge in [-0.2, -0.15) is 13.2 Å². The molecule has 2 aromatic heterocycles. The number of ether oxygens (including phenoxy) is 1. The summed E-state index contributed by atoms with van der Waals surface area (Å²) in [6.07, 6.45) is 8.73. The summed E-state index contributed by atoms with van der Waals surface area (Å²) in [7, 11) is 0. The molecule has 2 heterocycles. The van der Waals surface area contributed by atoms with Gasteiger partial charge >= 0.3 is 6.18 Å². The monoisotopic (exact) mass is 552 g/mol. The summed E-state index contributed by atoms with van der Waals surface area (Å²) in [4.78, 5) is 4.33. The Morgan fingerprint density at radius 3 is 2.48 bits per heavy atom. The summed E-state index contributed by atoms with van der Waals surface area (Å²) in [6.45, 7) is 0.996. The summed E-state index contributed by atoms with van der Waals surface area (Å²) in [6, 6.07) is 12.8. The normalized spacial score (nSPS) is 15.2. The fourth-order valence-electron chi connectivity index (χ4n) is 4.77. The maximum atomic E-state index is 12.7. The molecular weight excluding hydrogens is 521 g/mol. The number of unbranched alkanes of at least 4 members (excludes halogenated alkanes) is 1. The number of rotatable bonds is 11. The Morgan fingerprint density at radius 1 is 1.00 bits per heavy atom. The number of benzene rings is 2. The predicted molar refractivity (Wildman–Crippen MR) is 143 cm³/mol. The van der Waals surface area contributed by atoms with Crippen molar-refractivity contribution < 1.29 is 27.4 Å². The van der Waals surface area contributed by atoms with Crippen molar-refractivity contribution >= 4 is 12.2 Å². The number of aliphatic hydroxyl groups is 1. The van der Waals surface area contributed by atoms with E-state index in [1.165, 1.54) is 24.0 Å². The average Bonchev–Trinajstić information content (AvgIpc) is 3.71. The Morgan fingerprint density at radius 2 is 1.75 bits per heavy atom. The highest BCUT2D eigenvalue weighted by molar-refractivity contribution is 5.66. The van der Waals surface area contributed by atoms with Gasteiger partial charge in [0, 0.05) is 12.6 Å². The Hall–Kier alpha value is -3.92. The molecule has 0 saturated heterocycles. The minimum atomic E-state index is -4.36. The first-order chi connectivity index (χ1) is 19.3. The summed E-state index contributed by atoms with van der Waals surface area (Å²) < 4.78 is 51.1. The zero-order chi connectivity index (χ0) is 28.0. The van der Waals surface area contributed by atoms with Gasteiger partial charge in [0.2, 0.25) is 5.89 Å².